The Labute approximate surface area is 125 Å². The summed E-state index contributed by atoms with van der Waals surface area (Å²) in [6.07, 6.45) is 4.08. The van der Waals surface area contributed by atoms with E-state index in [1.807, 2.05) is 18.2 Å². The molecule has 1 unspecified atom stereocenters. The van der Waals surface area contributed by atoms with E-state index in [2.05, 4.69) is 11.8 Å². The lowest BCUT2D eigenvalue weighted by Crippen LogP contribution is -2.36. The number of nitrogens with zero attached hydrogens (tertiary/aromatic N) is 3. The number of hydrogen-bond donors (Lipinski definition) is 0. The Hall–Kier alpha value is -0.790. The van der Waals surface area contributed by atoms with Crippen molar-refractivity contribution in [3.63, 3.8) is 0 Å². The van der Waals surface area contributed by atoms with Gasteiger partial charge in [0.05, 0.1) is 11.5 Å². The lowest BCUT2D eigenvalue weighted by Gasteiger charge is -2.27. The Morgan fingerprint density at radius 2 is 2.30 bits per heavy atom. The summed E-state index contributed by atoms with van der Waals surface area (Å²) in [5.74, 6) is 0.634. The van der Waals surface area contributed by atoms with Crippen molar-refractivity contribution < 1.29 is 9.66 Å². The Morgan fingerprint density at radius 1 is 1.55 bits per heavy atom. The van der Waals surface area contributed by atoms with E-state index in [0.29, 0.717) is 10.9 Å². The first-order valence-electron chi connectivity index (χ1n) is 6.97. The molecule has 0 aromatic rings. The molecule has 1 rings (SSSR count). The standard InChI is InChI=1S/C13H25N3O3S/c1-4-15(9-12-5-8-19-11-12)7-6-14(2)13(20-3)10-16(17)18/h10,12H,4-9,11H2,1-3H3. The quantitative estimate of drug-likeness (QED) is 0.477. The van der Waals surface area contributed by atoms with E-state index in [1.54, 1.807) is 0 Å². The second kappa shape index (κ2) is 9.20. The highest BCUT2D eigenvalue weighted by Crippen LogP contribution is 2.16. The number of rotatable bonds is 9. The van der Waals surface area contributed by atoms with E-state index in [9.17, 15) is 10.1 Å². The molecule has 1 fully saturated rings. The molecule has 1 saturated heterocycles. The van der Waals surface area contributed by atoms with Crippen LogP contribution >= 0.6 is 11.8 Å². The van der Waals surface area contributed by atoms with Gasteiger partial charge in [-0.2, -0.15) is 0 Å². The van der Waals surface area contributed by atoms with Crippen LogP contribution in [0.15, 0.2) is 11.2 Å². The first kappa shape index (κ1) is 17.3. The van der Waals surface area contributed by atoms with Gasteiger partial charge in [-0.1, -0.05) is 6.92 Å². The molecule has 7 heteroatoms. The monoisotopic (exact) mass is 303 g/mol. The van der Waals surface area contributed by atoms with Crippen molar-refractivity contribution in [2.45, 2.75) is 13.3 Å². The molecule has 0 radical (unpaired) electrons. The minimum Gasteiger partial charge on any atom is -0.381 e. The van der Waals surface area contributed by atoms with Crippen molar-refractivity contribution in [3.05, 3.63) is 21.3 Å². The van der Waals surface area contributed by atoms with Gasteiger partial charge in [0.15, 0.2) is 0 Å². The minimum absolute atomic E-state index is 0.393. The Balaban J connectivity index is 2.39. The maximum atomic E-state index is 10.6. The van der Waals surface area contributed by atoms with E-state index in [-0.39, 0.29) is 0 Å². The van der Waals surface area contributed by atoms with Gasteiger partial charge in [0, 0.05) is 33.3 Å². The predicted octanol–water partition coefficient (Wildman–Crippen LogP) is 1.72. The average Bonchev–Trinajstić information content (AvgIpc) is 2.92. The van der Waals surface area contributed by atoms with Crippen molar-refractivity contribution >= 4 is 11.8 Å². The molecule has 20 heavy (non-hydrogen) atoms. The van der Waals surface area contributed by atoms with Gasteiger partial charge in [0.2, 0.25) is 0 Å². The van der Waals surface area contributed by atoms with Crippen LogP contribution in [-0.2, 0) is 4.74 Å². The molecule has 0 aliphatic carbocycles. The molecule has 0 saturated carbocycles. The summed E-state index contributed by atoms with van der Waals surface area (Å²) >= 11 is 1.41. The normalized spacial score (nSPS) is 19.6. The minimum atomic E-state index is -0.393. The summed E-state index contributed by atoms with van der Waals surface area (Å²) in [4.78, 5) is 14.5. The van der Waals surface area contributed by atoms with Crippen molar-refractivity contribution in [1.82, 2.24) is 9.80 Å². The molecular weight excluding hydrogens is 278 g/mol. The van der Waals surface area contributed by atoms with Gasteiger partial charge >= 0.3 is 0 Å². The molecular formula is C13H25N3O3S. The molecule has 1 aliphatic rings. The highest BCUT2D eigenvalue weighted by atomic mass is 32.2. The third kappa shape index (κ3) is 6.11. The fourth-order valence-electron chi connectivity index (χ4n) is 2.27. The van der Waals surface area contributed by atoms with Crippen molar-refractivity contribution in [2.24, 2.45) is 5.92 Å². The van der Waals surface area contributed by atoms with Gasteiger partial charge in [-0.05, 0) is 25.1 Å². The number of likely N-dealkylation sites (N-methyl/N-ethyl adjacent to an activating group) is 2. The zero-order valence-electron chi connectivity index (χ0n) is 12.6. The SMILES string of the molecule is CCN(CCN(C)C(=C[N+](=O)[O-])SC)CC1CCOC1. The average molecular weight is 303 g/mol. The maximum Gasteiger partial charge on any atom is 0.264 e. The number of thioether (sulfide) groups is 1. The van der Waals surface area contributed by atoms with Crippen LogP contribution in [0.2, 0.25) is 0 Å². The third-order valence-corrected chi connectivity index (χ3v) is 4.38. The van der Waals surface area contributed by atoms with Crippen LogP contribution in [0.25, 0.3) is 0 Å². The van der Waals surface area contributed by atoms with Gasteiger partial charge in [-0.15, -0.1) is 11.8 Å². The molecule has 0 N–H and O–H groups in total. The number of hydrogen-bond acceptors (Lipinski definition) is 6. The molecule has 0 bridgehead atoms. The predicted molar refractivity (Wildman–Crippen MR) is 82.3 cm³/mol. The summed E-state index contributed by atoms with van der Waals surface area (Å²) in [5.41, 5.74) is 0. The van der Waals surface area contributed by atoms with Crippen molar-refractivity contribution in [1.29, 1.82) is 0 Å². The molecule has 1 atom stereocenters. The second-order valence-corrected chi connectivity index (χ2v) is 5.83. The van der Waals surface area contributed by atoms with Gasteiger partial charge < -0.3 is 14.5 Å². The molecule has 1 aliphatic heterocycles. The van der Waals surface area contributed by atoms with Crippen LogP contribution < -0.4 is 0 Å². The fourth-order valence-corrected chi connectivity index (χ4v) is 2.86. The van der Waals surface area contributed by atoms with Crippen LogP contribution in [0, 0.1) is 16.0 Å². The van der Waals surface area contributed by atoms with E-state index < -0.39 is 4.92 Å². The molecule has 0 amide bonds. The first-order valence-corrected chi connectivity index (χ1v) is 8.19. The van der Waals surface area contributed by atoms with E-state index >= 15 is 0 Å². The van der Waals surface area contributed by atoms with Gasteiger partial charge in [-0.3, -0.25) is 10.1 Å². The smallest absolute Gasteiger partial charge is 0.264 e. The highest BCUT2D eigenvalue weighted by Gasteiger charge is 2.19. The summed E-state index contributed by atoms with van der Waals surface area (Å²) in [5, 5.41) is 11.3. The molecule has 1 heterocycles. The van der Waals surface area contributed by atoms with E-state index in [4.69, 9.17) is 4.74 Å². The molecule has 116 valence electrons. The summed E-state index contributed by atoms with van der Waals surface area (Å²) in [6.45, 7) is 7.66. The van der Waals surface area contributed by atoms with E-state index in [1.165, 1.54) is 11.8 Å². The Bertz CT molecular complexity index is 333. The second-order valence-electron chi connectivity index (χ2n) is 5.00. The fraction of sp³-hybridized carbons (Fsp3) is 0.846. The summed E-state index contributed by atoms with van der Waals surface area (Å²) < 4.78 is 5.40. The van der Waals surface area contributed by atoms with Crippen LogP contribution in [0.3, 0.4) is 0 Å². The largest absolute Gasteiger partial charge is 0.381 e. The summed E-state index contributed by atoms with van der Waals surface area (Å²) in [6, 6.07) is 0. The molecule has 0 aromatic carbocycles. The van der Waals surface area contributed by atoms with Gasteiger partial charge in [0.25, 0.3) is 6.20 Å². The molecule has 0 spiro atoms. The maximum absolute atomic E-state index is 10.6. The van der Waals surface area contributed by atoms with Crippen molar-refractivity contribution in [2.75, 3.05) is 52.7 Å². The van der Waals surface area contributed by atoms with E-state index in [0.717, 1.165) is 52.0 Å². The van der Waals surface area contributed by atoms with Crippen LogP contribution in [0.5, 0.6) is 0 Å². The van der Waals surface area contributed by atoms with Gasteiger partial charge in [0.1, 0.15) is 5.03 Å². The topological polar surface area (TPSA) is 58.9 Å². The number of nitro groups is 1. The Kier molecular flexibility index (Phi) is 7.94. The lowest BCUT2D eigenvalue weighted by atomic mass is 10.1. The first-order chi connectivity index (χ1) is 9.56. The lowest BCUT2D eigenvalue weighted by molar-refractivity contribution is -0.403. The third-order valence-electron chi connectivity index (χ3n) is 3.54. The zero-order valence-corrected chi connectivity index (χ0v) is 13.4. The van der Waals surface area contributed by atoms with Crippen LogP contribution in [-0.4, -0.2) is 67.4 Å². The summed E-state index contributed by atoms with van der Waals surface area (Å²) in [7, 11) is 1.90. The highest BCUT2D eigenvalue weighted by molar-refractivity contribution is 8.02. The van der Waals surface area contributed by atoms with Crippen molar-refractivity contribution in [3.8, 4) is 0 Å². The Morgan fingerprint density at radius 3 is 2.80 bits per heavy atom. The van der Waals surface area contributed by atoms with Gasteiger partial charge in [-0.25, -0.2) is 0 Å². The zero-order chi connectivity index (χ0) is 15.0. The molecule has 0 aromatic heterocycles. The number of ether oxygens (including phenoxy) is 1. The molecule has 6 nitrogen and oxygen atoms in total. The van der Waals surface area contributed by atoms with Crippen LogP contribution in [0.4, 0.5) is 0 Å². The van der Waals surface area contributed by atoms with Crippen LogP contribution in [0.1, 0.15) is 13.3 Å².